The molecule has 0 spiro atoms. The van der Waals surface area contributed by atoms with E-state index in [4.69, 9.17) is 14.2 Å². The quantitative estimate of drug-likeness (QED) is 0.283. The number of benzene rings is 2. The maximum atomic E-state index is 14.1. The summed E-state index contributed by atoms with van der Waals surface area (Å²) >= 11 is 0. The Kier molecular flexibility index (Phi) is 10.6. The molecule has 1 saturated heterocycles. The van der Waals surface area contributed by atoms with Crippen molar-refractivity contribution in [2.75, 3.05) is 33.5 Å². The minimum absolute atomic E-state index is 0.0234. The van der Waals surface area contributed by atoms with Gasteiger partial charge in [-0.15, -0.1) is 0 Å². The number of alkyl halides is 2. The van der Waals surface area contributed by atoms with E-state index in [1.54, 1.807) is 40.7 Å². The number of hydrogen-bond acceptors (Lipinski definition) is 7. The fourth-order valence-electron chi connectivity index (χ4n) is 6.13. The van der Waals surface area contributed by atoms with E-state index in [9.17, 15) is 28.0 Å². The summed E-state index contributed by atoms with van der Waals surface area (Å²) < 4.78 is 46.8. The molecule has 2 amide bonds. The zero-order chi connectivity index (χ0) is 32.8. The maximum absolute atomic E-state index is 14.1. The number of rotatable bonds is 13. The second-order valence-corrected chi connectivity index (χ2v) is 11.8. The molecule has 5 rings (SSSR count). The Bertz CT molecular complexity index is 1660. The Labute approximate surface area is 265 Å². The molecule has 46 heavy (non-hydrogen) atoms. The van der Waals surface area contributed by atoms with Crippen LogP contribution in [-0.2, 0) is 16.1 Å². The number of hydrogen-bond donors (Lipinski definition) is 1. The molecule has 1 aromatic heterocycles. The van der Waals surface area contributed by atoms with E-state index in [0.29, 0.717) is 48.5 Å². The predicted molar refractivity (Wildman–Crippen MR) is 167 cm³/mol. The van der Waals surface area contributed by atoms with Crippen molar-refractivity contribution < 1.29 is 32.6 Å². The van der Waals surface area contributed by atoms with Crippen LogP contribution in [0, 0.1) is 0 Å². The van der Waals surface area contributed by atoms with Gasteiger partial charge in [0.15, 0.2) is 23.7 Å². The molecular weight excluding hydrogens is 602 g/mol. The van der Waals surface area contributed by atoms with Gasteiger partial charge in [0.25, 0.3) is 11.5 Å². The van der Waals surface area contributed by atoms with Gasteiger partial charge in [0.1, 0.15) is 19.1 Å². The summed E-state index contributed by atoms with van der Waals surface area (Å²) in [4.78, 5) is 53.3. The standard InChI is InChI=1S/C33H40F2N4O7/c1-21(31(41)36-2)44-30-15-22(7-10-29(30)46-24-5-3-4-6-24)19-38-32(42)27-16-25(45-26(17-34)18-35)8-9-28(27)39(33(38)43)23-11-13-37(20-40)14-12-23/h7-10,15-16,20-21,23-24,26H,3-6,11-14,17-19H2,1-2H3,(H,36,41)/t21-/m1/s1. The Morgan fingerprint density at radius 1 is 1.00 bits per heavy atom. The van der Waals surface area contributed by atoms with Crippen LogP contribution in [0.25, 0.3) is 10.9 Å². The zero-order valence-electron chi connectivity index (χ0n) is 26.1. The minimum atomic E-state index is -1.32. The van der Waals surface area contributed by atoms with Crippen LogP contribution in [0.3, 0.4) is 0 Å². The Morgan fingerprint density at radius 3 is 2.37 bits per heavy atom. The normalized spacial score (nSPS) is 16.5. The average Bonchev–Trinajstić information content (AvgIpc) is 3.60. The molecule has 11 nitrogen and oxygen atoms in total. The summed E-state index contributed by atoms with van der Waals surface area (Å²) in [6.07, 6.45) is 3.59. The van der Waals surface area contributed by atoms with Gasteiger partial charge in [-0.3, -0.25) is 23.5 Å². The number of nitrogens with one attached hydrogen (secondary N) is 1. The van der Waals surface area contributed by atoms with Crippen molar-refractivity contribution in [1.82, 2.24) is 19.4 Å². The number of likely N-dealkylation sites (N-methyl/N-ethyl adjacent to an activating group) is 1. The monoisotopic (exact) mass is 642 g/mol. The number of halogens is 2. The summed E-state index contributed by atoms with van der Waals surface area (Å²) in [5.41, 5.74) is -0.213. The van der Waals surface area contributed by atoms with E-state index in [1.165, 1.54) is 19.2 Å². The fraction of sp³-hybridized carbons (Fsp3) is 0.515. The first-order valence-corrected chi connectivity index (χ1v) is 15.7. The summed E-state index contributed by atoms with van der Waals surface area (Å²) in [7, 11) is 1.51. The largest absolute Gasteiger partial charge is 0.487 e. The first-order chi connectivity index (χ1) is 22.3. The molecule has 2 fully saturated rings. The molecule has 1 aliphatic carbocycles. The molecule has 1 aliphatic heterocycles. The highest BCUT2D eigenvalue weighted by Crippen LogP contribution is 2.34. The van der Waals surface area contributed by atoms with Crippen LogP contribution < -0.4 is 30.8 Å². The van der Waals surface area contributed by atoms with Gasteiger partial charge < -0.3 is 24.4 Å². The van der Waals surface area contributed by atoms with Crippen LogP contribution in [0.15, 0.2) is 46.0 Å². The topological polar surface area (TPSA) is 121 Å². The van der Waals surface area contributed by atoms with E-state index >= 15 is 0 Å². The number of carbonyl (C=O) groups is 2. The van der Waals surface area contributed by atoms with Crippen molar-refractivity contribution in [3.05, 3.63) is 62.8 Å². The first-order valence-electron chi connectivity index (χ1n) is 15.7. The second-order valence-electron chi connectivity index (χ2n) is 11.8. The van der Waals surface area contributed by atoms with E-state index < -0.39 is 36.8 Å². The summed E-state index contributed by atoms with van der Waals surface area (Å²) in [6.45, 7) is 0.294. The molecule has 1 atom stereocenters. The highest BCUT2D eigenvalue weighted by molar-refractivity contribution is 5.81. The maximum Gasteiger partial charge on any atom is 0.332 e. The van der Waals surface area contributed by atoms with E-state index in [1.807, 2.05) is 0 Å². The third kappa shape index (κ3) is 7.18. The molecule has 3 aromatic rings. The number of nitrogens with zero attached hydrogens (tertiary/aromatic N) is 3. The van der Waals surface area contributed by atoms with Gasteiger partial charge in [-0.25, -0.2) is 13.6 Å². The van der Waals surface area contributed by atoms with Crippen molar-refractivity contribution >= 4 is 23.2 Å². The number of aromatic nitrogens is 2. The highest BCUT2D eigenvalue weighted by atomic mass is 19.1. The second kappa shape index (κ2) is 14.8. The fourth-order valence-corrected chi connectivity index (χ4v) is 6.13. The first kappa shape index (κ1) is 33.0. The van der Waals surface area contributed by atoms with Crippen LogP contribution in [0.4, 0.5) is 8.78 Å². The summed E-state index contributed by atoms with van der Waals surface area (Å²) in [5.74, 6) is 0.556. The van der Waals surface area contributed by atoms with Crippen LogP contribution in [-0.4, -0.2) is 78.1 Å². The third-order valence-corrected chi connectivity index (χ3v) is 8.66. The molecule has 13 heteroatoms. The SMILES string of the molecule is CNC(=O)[C@@H](C)Oc1cc(Cn2c(=O)c3cc(OC(CF)CF)ccc3n(C3CCN(C=O)CC3)c2=O)ccc1OC1CCCC1. The van der Waals surface area contributed by atoms with Gasteiger partial charge in [0.2, 0.25) is 6.41 Å². The molecule has 0 bridgehead atoms. The van der Waals surface area contributed by atoms with Crippen LogP contribution in [0.5, 0.6) is 17.2 Å². The van der Waals surface area contributed by atoms with E-state index in [-0.39, 0.29) is 35.7 Å². The number of carbonyl (C=O) groups excluding carboxylic acids is 2. The minimum Gasteiger partial charge on any atom is -0.487 e. The average molecular weight is 643 g/mol. The summed E-state index contributed by atoms with van der Waals surface area (Å²) in [6, 6.07) is 9.28. The lowest BCUT2D eigenvalue weighted by Crippen LogP contribution is -2.44. The lowest BCUT2D eigenvalue weighted by atomic mass is 10.0. The molecule has 2 aliphatic rings. The van der Waals surface area contributed by atoms with Gasteiger partial charge in [0, 0.05) is 26.2 Å². The van der Waals surface area contributed by atoms with Crippen molar-refractivity contribution in [3.8, 4) is 17.2 Å². The van der Waals surface area contributed by atoms with E-state index in [2.05, 4.69) is 5.32 Å². The lowest BCUT2D eigenvalue weighted by molar-refractivity contribution is -0.126. The molecular formula is C33H40F2N4O7. The molecule has 1 N–H and O–H groups in total. The summed E-state index contributed by atoms with van der Waals surface area (Å²) in [5, 5.41) is 2.71. The number of ether oxygens (including phenoxy) is 3. The Morgan fingerprint density at radius 2 is 1.72 bits per heavy atom. The number of piperidine rings is 1. The Hall–Kier alpha value is -4.42. The van der Waals surface area contributed by atoms with Gasteiger partial charge in [-0.05, 0) is 81.3 Å². The molecule has 0 unspecified atom stereocenters. The lowest BCUT2D eigenvalue weighted by Gasteiger charge is -2.31. The Balaban J connectivity index is 1.57. The van der Waals surface area contributed by atoms with Crippen LogP contribution in [0.1, 0.15) is 57.1 Å². The van der Waals surface area contributed by atoms with Crippen LogP contribution in [0.2, 0.25) is 0 Å². The van der Waals surface area contributed by atoms with Crippen molar-refractivity contribution in [2.45, 2.75) is 76.3 Å². The third-order valence-electron chi connectivity index (χ3n) is 8.66. The predicted octanol–water partition coefficient (Wildman–Crippen LogP) is 3.53. The molecule has 2 aromatic carbocycles. The molecule has 0 radical (unpaired) electrons. The zero-order valence-corrected chi connectivity index (χ0v) is 26.1. The molecule has 248 valence electrons. The van der Waals surface area contributed by atoms with Gasteiger partial charge in [-0.2, -0.15) is 0 Å². The van der Waals surface area contributed by atoms with E-state index in [0.717, 1.165) is 36.7 Å². The number of fused-ring (bicyclic) bond motifs is 1. The van der Waals surface area contributed by atoms with Gasteiger partial charge in [0.05, 0.1) is 23.6 Å². The van der Waals surface area contributed by atoms with Gasteiger partial charge >= 0.3 is 5.69 Å². The van der Waals surface area contributed by atoms with Gasteiger partial charge in [-0.1, -0.05) is 6.07 Å². The number of likely N-dealkylation sites (tertiary alicyclic amines) is 1. The highest BCUT2D eigenvalue weighted by Gasteiger charge is 2.26. The van der Waals surface area contributed by atoms with Crippen molar-refractivity contribution in [1.29, 1.82) is 0 Å². The van der Waals surface area contributed by atoms with Crippen molar-refractivity contribution in [2.24, 2.45) is 0 Å². The molecule has 1 saturated carbocycles. The van der Waals surface area contributed by atoms with Crippen molar-refractivity contribution in [3.63, 3.8) is 0 Å². The smallest absolute Gasteiger partial charge is 0.332 e. The number of amides is 2. The molecule has 2 heterocycles. The van der Waals surface area contributed by atoms with Crippen LogP contribution >= 0.6 is 0 Å².